The predicted molar refractivity (Wildman–Crippen MR) is 67.6 cm³/mol. The minimum atomic E-state index is 0.990. The molecule has 92 valence electrons. The summed E-state index contributed by atoms with van der Waals surface area (Å²) in [4.78, 5) is 2.35. The maximum absolute atomic E-state index is 5.29. The summed E-state index contributed by atoms with van der Waals surface area (Å²) in [5.74, 6) is 1.04. The molecule has 0 amide bonds. The van der Waals surface area contributed by atoms with Crippen molar-refractivity contribution < 1.29 is 4.42 Å². The van der Waals surface area contributed by atoms with E-state index in [4.69, 9.17) is 4.42 Å². The first-order valence-electron chi connectivity index (χ1n) is 6.16. The Morgan fingerprint density at radius 1 is 1.38 bits per heavy atom. The SMILES string of the molecule is CCNCCCCN(C)Cc1ccoc1C. The van der Waals surface area contributed by atoms with Crippen LogP contribution in [0.15, 0.2) is 16.7 Å². The monoisotopic (exact) mass is 224 g/mol. The Bertz CT molecular complexity index is 283. The summed E-state index contributed by atoms with van der Waals surface area (Å²) in [5, 5.41) is 3.34. The second kappa shape index (κ2) is 7.47. The smallest absolute Gasteiger partial charge is 0.105 e. The summed E-state index contributed by atoms with van der Waals surface area (Å²) in [6, 6.07) is 2.06. The second-order valence-electron chi connectivity index (χ2n) is 4.30. The number of hydrogen-bond acceptors (Lipinski definition) is 3. The molecule has 0 spiro atoms. The van der Waals surface area contributed by atoms with E-state index < -0.39 is 0 Å². The lowest BCUT2D eigenvalue weighted by molar-refractivity contribution is 0.315. The third-order valence-corrected chi connectivity index (χ3v) is 2.80. The number of unbranched alkanes of at least 4 members (excludes halogenated alkanes) is 1. The van der Waals surface area contributed by atoms with Crippen LogP contribution in [0.2, 0.25) is 0 Å². The molecule has 0 saturated carbocycles. The Morgan fingerprint density at radius 3 is 2.81 bits per heavy atom. The van der Waals surface area contributed by atoms with Gasteiger partial charge >= 0.3 is 0 Å². The fourth-order valence-corrected chi connectivity index (χ4v) is 1.75. The first-order valence-corrected chi connectivity index (χ1v) is 6.16. The highest BCUT2D eigenvalue weighted by Gasteiger charge is 2.04. The van der Waals surface area contributed by atoms with E-state index in [1.807, 2.05) is 6.92 Å². The van der Waals surface area contributed by atoms with Gasteiger partial charge in [0.05, 0.1) is 6.26 Å². The predicted octanol–water partition coefficient (Wildman–Crippen LogP) is 2.41. The first-order chi connectivity index (χ1) is 7.74. The van der Waals surface area contributed by atoms with Crippen LogP contribution in [0.4, 0.5) is 0 Å². The molecular weight excluding hydrogens is 200 g/mol. The van der Waals surface area contributed by atoms with Crippen molar-refractivity contribution >= 4 is 0 Å². The maximum atomic E-state index is 5.29. The summed E-state index contributed by atoms with van der Waals surface area (Å²) in [6.45, 7) is 8.51. The molecular formula is C13H24N2O. The van der Waals surface area contributed by atoms with Gasteiger partial charge in [0.25, 0.3) is 0 Å². The summed E-state index contributed by atoms with van der Waals surface area (Å²) < 4.78 is 5.29. The fourth-order valence-electron chi connectivity index (χ4n) is 1.75. The van der Waals surface area contributed by atoms with Crippen LogP contribution in [0.3, 0.4) is 0 Å². The largest absolute Gasteiger partial charge is 0.469 e. The van der Waals surface area contributed by atoms with Crippen LogP contribution < -0.4 is 5.32 Å². The molecule has 1 heterocycles. The van der Waals surface area contributed by atoms with Crippen molar-refractivity contribution in [1.29, 1.82) is 0 Å². The van der Waals surface area contributed by atoms with Gasteiger partial charge in [0.1, 0.15) is 5.76 Å². The number of hydrogen-bond donors (Lipinski definition) is 1. The summed E-state index contributed by atoms with van der Waals surface area (Å²) in [6.07, 6.45) is 4.27. The van der Waals surface area contributed by atoms with Crippen molar-refractivity contribution in [2.24, 2.45) is 0 Å². The lowest BCUT2D eigenvalue weighted by atomic mass is 10.2. The van der Waals surface area contributed by atoms with E-state index in [0.717, 1.165) is 31.9 Å². The van der Waals surface area contributed by atoms with Crippen LogP contribution >= 0.6 is 0 Å². The van der Waals surface area contributed by atoms with Crippen molar-refractivity contribution in [3.63, 3.8) is 0 Å². The highest BCUT2D eigenvalue weighted by Crippen LogP contribution is 2.11. The van der Waals surface area contributed by atoms with Crippen LogP contribution in [0.25, 0.3) is 0 Å². The summed E-state index contributed by atoms with van der Waals surface area (Å²) >= 11 is 0. The zero-order valence-electron chi connectivity index (χ0n) is 10.8. The zero-order chi connectivity index (χ0) is 11.8. The minimum Gasteiger partial charge on any atom is -0.469 e. The Morgan fingerprint density at radius 2 is 2.19 bits per heavy atom. The first kappa shape index (κ1) is 13.3. The average molecular weight is 224 g/mol. The van der Waals surface area contributed by atoms with Crippen LogP contribution in [-0.4, -0.2) is 31.6 Å². The van der Waals surface area contributed by atoms with E-state index in [2.05, 4.69) is 30.3 Å². The molecule has 0 aliphatic heterocycles. The van der Waals surface area contributed by atoms with Gasteiger partial charge in [0.15, 0.2) is 0 Å². The van der Waals surface area contributed by atoms with E-state index in [0.29, 0.717) is 0 Å². The quantitative estimate of drug-likeness (QED) is 0.687. The number of nitrogens with one attached hydrogen (secondary N) is 1. The van der Waals surface area contributed by atoms with Gasteiger partial charge in [-0.25, -0.2) is 0 Å². The molecule has 1 aromatic heterocycles. The van der Waals surface area contributed by atoms with Crippen molar-refractivity contribution in [3.8, 4) is 0 Å². The molecule has 0 radical (unpaired) electrons. The van der Waals surface area contributed by atoms with E-state index in [-0.39, 0.29) is 0 Å². The van der Waals surface area contributed by atoms with Crippen LogP contribution in [0, 0.1) is 6.92 Å². The Balaban J connectivity index is 2.11. The molecule has 1 aromatic rings. The van der Waals surface area contributed by atoms with Crippen molar-refractivity contribution in [1.82, 2.24) is 10.2 Å². The standard InChI is InChI=1S/C13H24N2O/c1-4-14-8-5-6-9-15(3)11-13-7-10-16-12(13)2/h7,10,14H,4-6,8-9,11H2,1-3H3. The van der Waals surface area contributed by atoms with Gasteiger partial charge in [-0.05, 0) is 52.5 Å². The van der Waals surface area contributed by atoms with Gasteiger partial charge in [-0.15, -0.1) is 0 Å². The van der Waals surface area contributed by atoms with Crippen molar-refractivity contribution in [3.05, 3.63) is 23.7 Å². The lowest BCUT2D eigenvalue weighted by Gasteiger charge is -2.15. The van der Waals surface area contributed by atoms with Crippen LogP contribution in [0.1, 0.15) is 31.1 Å². The highest BCUT2D eigenvalue weighted by molar-refractivity contribution is 5.14. The van der Waals surface area contributed by atoms with Crippen LogP contribution in [-0.2, 0) is 6.54 Å². The molecule has 1 N–H and O–H groups in total. The molecule has 0 unspecified atom stereocenters. The normalized spacial score (nSPS) is 11.2. The molecule has 0 atom stereocenters. The Hall–Kier alpha value is -0.800. The number of aryl methyl sites for hydroxylation is 1. The average Bonchev–Trinajstić information content (AvgIpc) is 2.64. The van der Waals surface area contributed by atoms with Crippen molar-refractivity contribution in [2.45, 2.75) is 33.2 Å². The van der Waals surface area contributed by atoms with E-state index in [1.165, 1.54) is 18.4 Å². The van der Waals surface area contributed by atoms with Gasteiger partial charge in [-0.2, -0.15) is 0 Å². The van der Waals surface area contributed by atoms with Gasteiger partial charge in [0.2, 0.25) is 0 Å². The van der Waals surface area contributed by atoms with Crippen LogP contribution in [0.5, 0.6) is 0 Å². The molecule has 1 rings (SSSR count). The Kier molecular flexibility index (Phi) is 6.19. The van der Waals surface area contributed by atoms with Gasteiger partial charge in [-0.3, -0.25) is 0 Å². The third kappa shape index (κ3) is 4.81. The molecule has 3 heteroatoms. The molecule has 0 bridgehead atoms. The number of nitrogens with zero attached hydrogens (tertiary/aromatic N) is 1. The van der Waals surface area contributed by atoms with E-state index >= 15 is 0 Å². The molecule has 0 aromatic carbocycles. The van der Waals surface area contributed by atoms with E-state index in [9.17, 15) is 0 Å². The molecule has 0 saturated heterocycles. The maximum Gasteiger partial charge on any atom is 0.105 e. The molecule has 3 nitrogen and oxygen atoms in total. The molecule has 16 heavy (non-hydrogen) atoms. The molecule has 0 fully saturated rings. The topological polar surface area (TPSA) is 28.4 Å². The van der Waals surface area contributed by atoms with Gasteiger partial charge in [-0.1, -0.05) is 6.92 Å². The summed E-state index contributed by atoms with van der Waals surface area (Å²) in [5.41, 5.74) is 1.30. The Labute approximate surface area is 98.8 Å². The molecule has 0 aliphatic carbocycles. The lowest BCUT2D eigenvalue weighted by Crippen LogP contribution is -2.21. The molecule has 0 aliphatic rings. The number of furan rings is 1. The minimum absolute atomic E-state index is 0.990. The highest BCUT2D eigenvalue weighted by atomic mass is 16.3. The zero-order valence-corrected chi connectivity index (χ0v) is 10.8. The second-order valence-corrected chi connectivity index (χ2v) is 4.30. The van der Waals surface area contributed by atoms with Gasteiger partial charge in [0, 0.05) is 12.1 Å². The fraction of sp³-hybridized carbons (Fsp3) is 0.692. The van der Waals surface area contributed by atoms with Crippen molar-refractivity contribution in [2.75, 3.05) is 26.7 Å². The number of rotatable bonds is 8. The summed E-state index contributed by atoms with van der Waals surface area (Å²) in [7, 11) is 2.17. The van der Waals surface area contributed by atoms with E-state index in [1.54, 1.807) is 6.26 Å². The van der Waals surface area contributed by atoms with Gasteiger partial charge < -0.3 is 14.6 Å². The third-order valence-electron chi connectivity index (χ3n) is 2.80.